The summed E-state index contributed by atoms with van der Waals surface area (Å²) in [5, 5.41) is 3.48. The Bertz CT molecular complexity index is 486. The van der Waals surface area contributed by atoms with Crippen LogP contribution in [0.2, 0.25) is 0 Å². The molecule has 4 heteroatoms. The molecule has 5 aliphatic carbocycles. The number of esters is 1. The van der Waals surface area contributed by atoms with Gasteiger partial charge >= 0.3 is 5.97 Å². The Morgan fingerprint density at radius 3 is 2.00 bits per heavy atom. The van der Waals surface area contributed by atoms with Gasteiger partial charge in [-0.2, -0.15) is 0 Å². The van der Waals surface area contributed by atoms with Gasteiger partial charge in [0.05, 0.1) is 13.5 Å². The fourth-order valence-corrected chi connectivity index (χ4v) is 6.86. The van der Waals surface area contributed by atoms with Crippen molar-refractivity contribution >= 4 is 11.9 Å². The number of carbonyl (C=O) groups excluding carboxylic acids is 2. The quantitative estimate of drug-likeness (QED) is 0.782. The van der Waals surface area contributed by atoms with E-state index in [1.807, 2.05) is 0 Å². The van der Waals surface area contributed by atoms with Crippen LogP contribution in [0.4, 0.5) is 0 Å². The van der Waals surface area contributed by atoms with Crippen molar-refractivity contribution < 1.29 is 14.3 Å². The van der Waals surface area contributed by atoms with Crippen LogP contribution in [0.25, 0.3) is 0 Å². The Labute approximate surface area is 145 Å². The Hall–Kier alpha value is -1.06. The zero-order valence-electron chi connectivity index (χ0n) is 14.9. The number of rotatable bonds is 5. The summed E-state index contributed by atoms with van der Waals surface area (Å²) in [6.45, 7) is 0. The highest BCUT2D eigenvalue weighted by atomic mass is 16.5. The molecule has 4 bridgehead atoms. The smallest absolute Gasteiger partial charge is 0.306 e. The first kappa shape index (κ1) is 16.4. The molecule has 0 spiro atoms. The number of hydrogen-bond acceptors (Lipinski definition) is 3. The first-order chi connectivity index (χ1) is 11.5. The SMILES string of the molecule is COC(=O)CC1(CC(=O)NC23CC4CC(CC(C4)C2)C3)CCCC1. The van der Waals surface area contributed by atoms with Crippen LogP contribution in [0.3, 0.4) is 0 Å². The number of methoxy groups -OCH3 is 1. The van der Waals surface area contributed by atoms with Crippen LogP contribution in [0.15, 0.2) is 0 Å². The molecular formula is C20H31NO3. The van der Waals surface area contributed by atoms with Gasteiger partial charge in [0, 0.05) is 12.0 Å². The van der Waals surface area contributed by atoms with E-state index in [1.54, 1.807) is 0 Å². The second-order valence-electron chi connectivity index (χ2n) is 9.38. The highest BCUT2D eigenvalue weighted by molar-refractivity contribution is 5.79. The molecule has 5 fully saturated rings. The predicted octanol–water partition coefficient (Wildman–Crippen LogP) is 3.59. The maximum Gasteiger partial charge on any atom is 0.306 e. The van der Waals surface area contributed by atoms with Crippen LogP contribution in [-0.2, 0) is 14.3 Å². The summed E-state index contributed by atoms with van der Waals surface area (Å²) in [4.78, 5) is 24.7. The fraction of sp³-hybridized carbons (Fsp3) is 0.900. The zero-order valence-corrected chi connectivity index (χ0v) is 14.9. The van der Waals surface area contributed by atoms with Crippen molar-refractivity contribution in [2.75, 3.05) is 7.11 Å². The summed E-state index contributed by atoms with van der Waals surface area (Å²) in [6.07, 6.45) is 12.9. The van der Waals surface area contributed by atoms with Gasteiger partial charge in [-0.1, -0.05) is 12.8 Å². The standard InChI is InChI=1S/C20H31NO3/c1-24-18(23)13-19(4-2-3-5-19)12-17(22)21-20-9-14-6-15(10-20)8-16(7-14)11-20/h14-16H,2-13H2,1H3,(H,21,22). The van der Waals surface area contributed by atoms with Crippen LogP contribution in [0, 0.1) is 23.2 Å². The first-order valence-corrected chi connectivity index (χ1v) is 9.88. The Morgan fingerprint density at radius 2 is 1.50 bits per heavy atom. The predicted molar refractivity (Wildman–Crippen MR) is 91.2 cm³/mol. The lowest BCUT2D eigenvalue weighted by atomic mass is 9.53. The molecule has 0 aliphatic heterocycles. The minimum absolute atomic E-state index is 0.0803. The monoisotopic (exact) mass is 333 g/mol. The summed E-state index contributed by atoms with van der Waals surface area (Å²) in [5.41, 5.74) is -0.0731. The van der Waals surface area contributed by atoms with Gasteiger partial charge < -0.3 is 10.1 Å². The van der Waals surface area contributed by atoms with Crippen molar-refractivity contribution in [3.63, 3.8) is 0 Å². The lowest BCUT2D eigenvalue weighted by molar-refractivity contribution is -0.144. The summed E-state index contributed by atoms with van der Waals surface area (Å²) >= 11 is 0. The number of amides is 1. The maximum absolute atomic E-state index is 12.9. The molecule has 5 rings (SSSR count). The van der Waals surface area contributed by atoms with Gasteiger partial charge in [-0.05, 0) is 74.5 Å². The highest BCUT2D eigenvalue weighted by Crippen LogP contribution is 2.55. The van der Waals surface area contributed by atoms with Crippen molar-refractivity contribution in [2.24, 2.45) is 23.2 Å². The van der Waals surface area contributed by atoms with Crippen molar-refractivity contribution in [3.8, 4) is 0 Å². The number of carbonyl (C=O) groups is 2. The molecule has 0 saturated heterocycles. The van der Waals surface area contributed by atoms with Crippen molar-refractivity contribution in [3.05, 3.63) is 0 Å². The van der Waals surface area contributed by atoms with Crippen LogP contribution < -0.4 is 5.32 Å². The molecule has 0 heterocycles. The Kier molecular flexibility index (Phi) is 4.12. The van der Waals surface area contributed by atoms with E-state index in [1.165, 1.54) is 45.6 Å². The van der Waals surface area contributed by atoms with E-state index < -0.39 is 0 Å². The molecule has 1 N–H and O–H groups in total. The normalized spacial score (nSPS) is 39.0. The van der Waals surface area contributed by atoms with E-state index in [0.29, 0.717) is 12.8 Å². The first-order valence-electron chi connectivity index (χ1n) is 9.88. The van der Waals surface area contributed by atoms with Crippen LogP contribution in [0.1, 0.15) is 77.0 Å². The van der Waals surface area contributed by atoms with E-state index in [0.717, 1.165) is 43.4 Å². The molecular weight excluding hydrogens is 302 g/mol. The summed E-state index contributed by atoms with van der Waals surface area (Å²) in [7, 11) is 1.44. The van der Waals surface area contributed by atoms with Crippen LogP contribution >= 0.6 is 0 Å². The van der Waals surface area contributed by atoms with Gasteiger partial charge in [-0.15, -0.1) is 0 Å². The third-order valence-electron chi connectivity index (χ3n) is 7.39. The van der Waals surface area contributed by atoms with Crippen LogP contribution in [0.5, 0.6) is 0 Å². The third-order valence-corrected chi connectivity index (χ3v) is 7.39. The average Bonchev–Trinajstić information content (AvgIpc) is 2.92. The van der Waals surface area contributed by atoms with Gasteiger partial charge in [0.2, 0.25) is 5.91 Å². The Morgan fingerprint density at radius 1 is 0.958 bits per heavy atom. The lowest BCUT2D eigenvalue weighted by Gasteiger charge is -2.57. The lowest BCUT2D eigenvalue weighted by Crippen LogP contribution is -2.60. The maximum atomic E-state index is 12.9. The molecule has 0 aromatic rings. The summed E-state index contributed by atoms with van der Waals surface area (Å²) in [6, 6.07) is 0. The van der Waals surface area contributed by atoms with Crippen molar-refractivity contribution in [1.29, 1.82) is 0 Å². The van der Waals surface area contributed by atoms with Gasteiger partial charge in [-0.3, -0.25) is 9.59 Å². The van der Waals surface area contributed by atoms with Gasteiger partial charge in [-0.25, -0.2) is 0 Å². The number of nitrogens with one attached hydrogen (secondary N) is 1. The minimum Gasteiger partial charge on any atom is -0.469 e. The van der Waals surface area contributed by atoms with Crippen molar-refractivity contribution in [1.82, 2.24) is 5.32 Å². The molecule has 0 atom stereocenters. The third kappa shape index (κ3) is 3.09. The zero-order chi connectivity index (χ0) is 16.8. The summed E-state index contributed by atoms with van der Waals surface area (Å²) < 4.78 is 4.88. The van der Waals surface area contributed by atoms with E-state index in [9.17, 15) is 9.59 Å². The van der Waals surface area contributed by atoms with Gasteiger partial charge in [0.15, 0.2) is 0 Å². The molecule has 4 nitrogen and oxygen atoms in total. The Balaban J connectivity index is 1.41. The van der Waals surface area contributed by atoms with E-state index in [2.05, 4.69) is 5.32 Å². The largest absolute Gasteiger partial charge is 0.469 e. The average molecular weight is 333 g/mol. The van der Waals surface area contributed by atoms with E-state index in [-0.39, 0.29) is 22.8 Å². The number of hydrogen-bond donors (Lipinski definition) is 1. The number of ether oxygens (including phenoxy) is 1. The van der Waals surface area contributed by atoms with Gasteiger partial charge in [0.25, 0.3) is 0 Å². The molecule has 0 aromatic carbocycles. The summed E-state index contributed by atoms with van der Waals surface area (Å²) in [5.74, 6) is 2.54. The fourth-order valence-electron chi connectivity index (χ4n) is 6.86. The molecule has 0 radical (unpaired) electrons. The second-order valence-corrected chi connectivity index (χ2v) is 9.38. The molecule has 5 saturated carbocycles. The molecule has 134 valence electrons. The van der Waals surface area contributed by atoms with E-state index >= 15 is 0 Å². The highest BCUT2D eigenvalue weighted by Gasteiger charge is 2.52. The van der Waals surface area contributed by atoms with Crippen molar-refractivity contribution in [2.45, 2.75) is 82.6 Å². The minimum atomic E-state index is -0.167. The molecule has 1 amide bonds. The molecule has 0 unspecified atom stereocenters. The van der Waals surface area contributed by atoms with Crippen LogP contribution in [-0.4, -0.2) is 24.5 Å². The topological polar surface area (TPSA) is 55.4 Å². The second kappa shape index (κ2) is 6.03. The molecule has 24 heavy (non-hydrogen) atoms. The van der Waals surface area contributed by atoms with Gasteiger partial charge in [0.1, 0.15) is 0 Å². The molecule has 5 aliphatic rings. The van der Waals surface area contributed by atoms with E-state index in [4.69, 9.17) is 4.74 Å². The molecule has 0 aromatic heterocycles.